The number of esters is 1. The Bertz CT molecular complexity index is 738. The van der Waals surface area contributed by atoms with Crippen LogP contribution < -0.4 is 0 Å². The van der Waals surface area contributed by atoms with Gasteiger partial charge in [0.2, 0.25) is 0 Å². The van der Waals surface area contributed by atoms with E-state index >= 15 is 0 Å². The van der Waals surface area contributed by atoms with E-state index in [0.717, 1.165) is 19.4 Å². The second-order valence-corrected chi connectivity index (χ2v) is 7.05. The summed E-state index contributed by atoms with van der Waals surface area (Å²) in [6.07, 6.45) is 1.52. The molecule has 0 atom stereocenters. The fourth-order valence-corrected chi connectivity index (χ4v) is 3.61. The molecule has 2 aromatic rings. The Balaban J connectivity index is 1.23. The van der Waals surface area contributed by atoms with Crippen molar-refractivity contribution in [2.45, 2.75) is 18.9 Å². The predicted molar refractivity (Wildman–Crippen MR) is 94.9 cm³/mol. The van der Waals surface area contributed by atoms with Gasteiger partial charge in [0, 0.05) is 30.9 Å². The molecule has 2 heterocycles. The molecule has 1 aromatic carbocycles. The number of ether oxygens (including phenoxy) is 2. The Morgan fingerprint density at radius 1 is 1.24 bits per heavy atom. The average molecular weight is 363 g/mol. The van der Waals surface area contributed by atoms with E-state index in [0.29, 0.717) is 26.3 Å². The monoisotopic (exact) mass is 363 g/mol. The van der Waals surface area contributed by atoms with Gasteiger partial charge in [0.15, 0.2) is 0 Å². The SMILES string of the molecule is O=C(O)C(=O)OC1CN(CCCOCCc2ccc3sccc3c2)C1. The molecule has 1 N–H and O–H groups in total. The number of carbonyl (C=O) groups is 2. The highest BCUT2D eigenvalue weighted by atomic mass is 32.1. The van der Waals surface area contributed by atoms with Crippen LogP contribution in [0, 0.1) is 0 Å². The summed E-state index contributed by atoms with van der Waals surface area (Å²) in [7, 11) is 0. The second-order valence-electron chi connectivity index (χ2n) is 6.10. The number of carboxylic acids is 1. The van der Waals surface area contributed by atoms with E-state index in [-0.39, 0.29) is 6.10 Å². The second kappa shape index (κ2) is 8.42. The Morgan fingerprint density at radius 2 is 2.08 bits per heavy atom. The van der Waals surface area contributed by atoms with Crippen molar-refractivity contribution in [1.29, 1.82) is 0 Å². The van der Waals surface area contributed by atoms with Crippen molar-refractivity contribution in [2.75, 3.05) is 32.8 Å². The first kappa shape index (κ1) is 17.8. The molecule has 0 radical (unpaired) electrons. The van der Waals surface area contributed by atoms with Gasteiger partial charge in [-0.05, 0) is 41.3 Å². The lowest BCUT2D eigenvalue weighted by Crippen LogP contribution is -2.53. The van der Waals surface area contributed by atoms with Crippen LogP contribution in [0.2, 0.25) is 0 Å². The third-order valence-corrected chi connectivity index (χ3v) is 5.08. The van der Waals surface area contributed by atoms with E-state index in [1.165, 1.54) is 15.6 Å². The summed E-state index contributed by atoms with van der Waals surface area (Å²) in [6, 6.07) is 8.67. The maximum atomic E-state index is 10.9. The lowest BCUT2D eigenvalue weighted by molar-refractivity contribution is -0.172. The van der Waals surface area contributed by atoms with Crippen LogP contribution in [0.3, 0.4) is 0 Å². The Kier molecular flexibility index (Phi) is 6.01. The van der Waals surface area contributed by atoms with E-state index in [9.17, 15) is 9.59 Å². The zero-order valence-corrected chi connectivity index (χ0v) is 14.7. The normalized spacial score (nSPS) is 15.2. The molecule has 1 saturated heterocycles. The molecule has 1 aliphatic heterocycles. The third-order valence-electron chi connectivity index (χ3n) is 4.19. The van der Waals surface area contributed by atoms with Gasteiger partial charge in [-0.15, -0.1) is 11.3 Å². The molecule has 0 saturated carbocycles. The van der Waals surface area contributed by atoms with Crippen molar-refractivity contribution in [3.05, 3.63) is 35.2 Å². The summed E-state index contributed by atoms with van der Waals surface area (Å²) >= 11 is 1.75. The number of carboxylic acid groups (broad SMARTS) is 1. The zero-order valence-electron chi connectivity index (χ0n) is 13.8. The van der Waals surface area contributed by atoms with Crippen LogP contribution in [0.4, 0.5) is 0 Å². The highest BCUT2D eigenvalue weighted by Crippen LogP contribution is 2.21. The number of thiophene rings is 1. The molecule has 1 aliphatic rings. The molecule has 1 fully saturated rings. The van der Waals surface area contributed by atoms with Crippen molar-refractivity contribution in [2.24, 2.45) is 0 Å². The molecule has 0 amide bonds. The molecule has 134 valence electrons. The maximum absolute atomic E-state index is 10.9. The summed E-state index contributed by atoms with van der Waals surface area (Å²) in [4.78, 5) is 23.4. The van der Waals surface area contributed by atoms with Crippen LogP contribution in [0.1, 0.15) is 12.0 Å². The quantitative estimate of drug-likeness (QED) is 0.440. The minimum absolute atomic E-state index is 0.295. The first-order chi connectivity index (χ1) is 12.1. The van der Waals surface area contributed by atoms with Crippen LogP contribution >= 0.6 is 11.3 Å². The summed E-state index contributed by atoms with van der Waals surface area (Å²) < 4.78 is 11.8. The molecular weight excluding hydrogens is 342 g/mol. The molecule has 6 nitrogen and oxygen atoms in total. The lowest BCUT2D eigenvalue weighted by atomic mass is 10.1. The number of carbonyl (C=O) groups excluding carboxylic acids is 1. The molecule has 0 unspecified atom stereocenters. The summed E-state index contributed by atoms with van der Waals surface area (Å²) in [5, 5.41) is 11.9. The van der Waals surface area contributed by atoms with Gasteiger partial charge in [-0.25, -0.2) is 9.59 Å². The van der Waals surface area contributed by atoms with Gasteiger partial charge in [-0.2, -0.15) is 0 Å². The minimum atomic E-state index is -1.54. The Morgan fingerprint density at radius 3 is 2.88 bits per heavy atom. The number of hydrogen-bond donors (Lipinski definition) is 1. The number of benzene rings is 1. The number of fused-ring (bicyclic) bond motifs is 1. The van der Waals surface area contributed by atoms with Gasteiger partial charge in [0.05, 0.1) is 6.61 Å². The Hall–Kier alpha value is -1.96. The number of rotatable bonds is 8. The summed E-state index contributed by atoms with van der Waals surface area (Å²) in [6.45, 7) is 3.45. The van der Waals surface area contributed by atoms with Crippen molar-refractivity contribution in [1.82, 2.24) is 4.90 Å². The van der Waals surface area contributed by atoms with E-state index in [4.69, 9.17) is 14.6 Å². The smallest absolute Gasteiger partial charge is 0.417 e. The average Bonchev–Trinajstić information content (AvgIpc) is 3.02. The van der Waals surface area contributed by atoms with Crippen LogP contribution in [0.25, 0.3) is 10.1 Å². The van der Waals surface area contributed by atoms with Crippen LogP contribution in [0.5, 0.6) is 0 Å². The van der Waals surface area contributed by atoms with Crippen molar-refractivity contribution in [3.63, 3.8) is 0 Å². The number of likely N-dealkylation sites (tertiary alicyclic amines) is 1. The molecule has 0 spiro atoms. The number of aliphatic carboxylic acids is 1. The molecule has 0 aliphatic carbocycles. The fraction of sp³-hybridized carbons (Fsp3) is 0.444. The van der Waals surface area contributed by atoms with E-state index in [1.54, 1.807) is 11.3 Å². The highest BCUT2D eigenvalue weighted by Gasteiger charge is 2.31. The van der Waals surface area contributed by atoms with Crippen LogP contribution in [-0.4, -0.2) is 60.9 Å². The van der Waals surface area contributed by atoms with Gasteiger partial charge >= 0.3 is 11.9 Å². The van der Waals surface area contributed by atoms with Gasteiger partial charge < -0.3 is 14.6 Å². The van der Waals surface area contributed by atoms with Crippen LogP contribution in [-0.2, 0) is 25.5 Å². The molecule has 7 heteroatoms. The molecule has 0 bridgehead atoms. The predicted octanol–water partition coefficient (Wildman–Crippen LogP) is 2.16. The fourth-order valence-electron chi connectivity index (χ4n) is 2.84. The van der Waals surface area contributed by atoms with Gasteiger partial charge in [0.25, 0.3) is 0 Å². The first-order valence-corrected chi connectivity index (χ1v) is 9.20. The van der Waals surface area contributed by atoms with Gasteiger partial charge in [0.1, 0.15) is 6.10 Å². The standard InChI is InChI=1S/C18H21NO5S/c20-17(21)18(22)24-15-11-19(12-15)6-1-7-23-8-4-13-2-3-16-14(10-13)5-9-25-16/h2-3,5,9-10,15H,1,4,6-8,11-12H2,(H,20,21). The van der Waals surface area contributed by atoms with Crippen molar-refractivity contribution >= 4 is 33.4 Å². The van der Waals surface area contributed by atoms with E-state index in [2.05, 4.69) is 34.5 Å². The largest absolute Gasteiger partial charge is 0.473 e. The van der Waals surface area contributed by atoms with Crippen molar-refractivity contribution in [3.8, 4) is 0 Å². The lowest BCUT2D eigenvalue weighted by Gasteiger charge is -2.37. The third kappa shape index (κ3) is 5.01. The van der Waals surface area contributed by atoms with Crippen LogP contribution in [0.15, 0.2) is 29.6 Å². The molecule has 1 aromatic heterocycles. The number of nitrogens with zero attached hydrogens (tertiary/aromatic N) is 1. The highest BCUT2D eigenvalue weighted by molar-refractivity contribution is 7.17. The maximum Gasteiger partial charge on any atom is 0.417 e. The number of hydrogen-bond acceptors (Lipinski definition) is 6. The summed E-state index contributed by atoms with van der Waals surface area (Å²) in [5.41, 5.74) is 1.29. The van der Waals surface area contributed by atoms with Crippen molar-refractivity contribution < 1.29 is 24.2 Å². The van der Waals surface area contributed by atoms with Gasteiger partial charge in [-0.1, -0.05) is 12.1 Å². The van der Waals surface area contributed by atoms with E-state index in [1.807, 2.05) is 0 Å². The molecular formula is C18H21NO5S. The summed E-state index contributed by atoms with van der Waals surface area (Å²) in [5.74, 6) is -2.71. The molecule has 3 rings (SSSR count). The van der Waals surface area contributed by atoms with E-state index < -0.39 is 11.9 Å². The first-order valence-electron chi connectivity index (χ1n) is 8.32. The minimum Gasteiger partial charge on any atom is -0.473 e. The zero-order chi connectivity index (χ0) is 17.6. The van der Waals surface area contributed by atoms with Gasteiger partial charge in [-0.3, -0.25) is 4.90 Å². The molecule has 25 heavy (non-hydrogen) atoms. The topological polar surface area (TPSA) is 76.1 Å². The Labute approximate surface area is 150 Å².